The van der Waals surface area contributed by atoms with Gasteiger partial charge in [-0.3, -0.25) is 9.69 Å². The summed E-state index contributed by atoms with van der Waals surface area (Å²) in [4.78, 5) is 21.1. The van der Waals surface area contributed by atoms with Gasteiger partial charge in [0.05, 0.1) is 10.2 Å². The molecule has 0 saturated carbocycles. The molecule has 1 fully saturated rings. The minimum absolute atomic E-state index is 0.104. The normalized spacial score (nSPS) is 16.8. The number of aromatic nitrogens is 1. The zero-order valence-corrected chi connectivity index (χ0v) is 13.2. The minimum Gasteiger partial charge on any atom is -0.375 e. The van der Waals surface area contributed by atoms with Gasteiger partial charge in [0.25, 0.3) is 5.91 Å². The van der Waals surface area contributed by atoms with Gasteiger partial charge in [-0.05, 0) is 32.0 Å². The largest absolute Gasteiger partial charge is 0.375 e. The molecule has 112 valence electrons. The van der Waals surface area contributed by atoms with Gasteiger partial charge in [-0.1, -0.05) is 11.3 Å². The van der Waals surface area contributed by atoms with Crippen LogP contribution in [0.15, 0.2) is 18.2 Å². The highest BCUT2D eigenvalue weighted by Crippen LogP contribution is 2.25. The molecule has 0 spiro atoms. The lowest BCUT2D eigenvalue weighted by atomic mass is 10.1. The first-order valence-electron chi connectivity index (χ1n) is 7.24. The van der Waals surface area contributed by atoms with E-state index in [0.717, 1.165) is 42.0 Å². The fraction of sp³-hybridized carbons (Fsp3) is 0.467. The van der Waals surface area contributed by atoms with Crippen LogP contribution in [0.5, 0.6) is 0 Å². The summed E-state index contributed by atoms with van der Waals surface area (Å²) in [5, 5.41) is 0.542. The van der Waals surface area contributed by atoms with Gasteiger partial charge in [0.1, 0.15) is 0 Å². The van der Waals surface area contributed by atoms with Crippen LogP contribution >= 0.6 is 11.3 Å². The van der Waals surface area contributed by atoms with Crippen molar-refractivity contribution in [2.45, 2.75) is 19.9 Å². The fourth-order valence-corrected chi connectivity index (χ4v) is 3.47. The number of anilines is 1. The lowest BCUT2D eigenvalue weighted by Gasteiger charge is -2.36. The topological polar surface area (TPSA) is 62.5 Å². The summed E-state index contributed by atoms with van der Waals surface area (Å²) in [6.07, 6.45) is 0. The highest BCUT2D eigenvalue weighted by atomic mass is 32.1. The number of fused-ring (bicyclic) bond motifs is 1. The summed E-state index contributed by atoms with van der Waals surface area (Å²) in [6.45, 7) is 7.86. The van der Waals surface area contributed by atoms with Crippen LogP contribution < -0.4 is 5.73 Å². The summed E-state index contributed by atoms with van der Waals surface area (Å²) in [6, 6.07) is 6.16. The molecule has 2 N–H and O–H groups in total. The number of rotatable bonds is 2. The summed E-state index contributed by atoms with van der Waals surface area (Å²) in [7, 11) is 0. The van der Waals surface area contributed by atoms with Crippen LogP contribution in [-0.4, -0.2) is 52.9 Å². The lowest BCUT2D eigenvalue weighted by molar-refractivity contribution is 0.0595. The first-order valence-corrected chi connectivity index (χ1v) is 8.05. The molecule has 3 rings (SSSR count). The van der Waals surface area contributed by atoms with Gasteiger partial charge in [-0.25, -0.2) is 4.98 Å². The Balaban J connectivity index is 1.75. The van der Waals surface area contributed by atoms with E-state index in [1.807, 2.05) is 23.1 Å². The predicted octanol–water partition coefficient (Wildman–Crippen LogP) is 2.04. The van der Waals surface area contributed by atoms with Crippen LogP contribution in [0, 0.1) is 0 Å². The van der Waals surface area contributed by atoms with Crippen molar-refractivity contribution in [2.24, 2.45) is 0 Å². The van der Waals surface area contributed by atoms with Crippen molar-refractivity contribution in [1.29, 1.82) is 0 Å². The number of nitrogen functional groups attached to an aromatic ring is 1. The van der Waals surface area contributed by atoms with E-state index >= 15 is 0 Å². The Morgan fingerprint density at radius 3 is 2.67 bits per heavy atom. The molecule has 1 aliphatic rings. The van der Waals surface area contributed by atoms with Crippen LogP contribution in [0.3, 0.4) is 0 Å². The number of benzene rings is 1. The second-order valence-corrected chi connectivity index (χ2v) is 6.72. The molecule has 1 aromatic heterocycles. The van der Waals surface area contributed by atoms with Crippen LogP contribution in [0.2, 0.25) is 0 Å². The molecule has 0 bridgehead atoms. The van der Waals surface area contributed by atoms with Crippen molar-refractivity contribution in [3.8, 4) is 0 Å². The van der Waals surface area contributed by atoms with Crippen molar-refractivity contribution < 1.29 is 4.79 Å². The Bertz CT molecular complexity index is 659. The number of amides is 1. The van der Waals surface area contributed by atoms with Crippen molar-refractivity contribution in [3.05, 3.63) is 23.8 Å². The molecular formula is C15H20N4OS. The van der Waals surface area contributed by atoms with Gasteiger partial charge in [0.15, 0.2) is 5.13 Å². The Morgan fingerprint density at radius 2 is 2.00 bits per heavy atom. The Morgan fingerprint density at radius 1 is 1.29 bits per heavy atom. The third-order valence-electron chi connectivity index (χ3n) is 3.98. The van der Waals surface area contributed by atoms with Crippen molar-refractivity contribution in [3.63, 3.8) is 0 Å². The highest BCUT2D eigenvalue weighted by Gasteiger charge is 2.23. The molecule has 0 aliphatic carbocycles. The first kappa shape index (κ1) is 14.3. The molecule has 6 heteroatoms. The van der Waals surface area contributed by atoms with E-state index in [1.54, 1.807) is 0 Å². The fourth-order valence-electron chi connectivity index (χ4n) is 2.70. The summed E-state index contributed by atoms with van der Waals surface area (Å²) < 4.78 is 0.971. The van der Waals surface area contributed by atoms with Crippen LogP contribution in [0.1, 0.15) is 24.2 Å². The number of carbonyl (C=O) groups excluding carboxylic acids is 1. The Kier molecular flexibility index (Phi) is 3.82. The van der Waals surface area contributed by atoms with Crippen molar-refractivity contribution in [1.82, 2.24) is 14.8 Å². The maximum Gasteiger partial charge on any atom is 0.253 e. The molecule has 21 heavy (non-hydrogen) atoms. The maximum absolute atomic E-state index is 12.6. The second-order valence-electron chi connectivity index (χ2n) is 5.66. The zero-order chi connectivity index (χ0) is 15.0. The second kappa shape index (κ2) is 5.61. The molecule has 0 unspecified atom stereocenters. The number of hydrogen-bond acceptors (Lipinski definition) is 5. The smallest absolute Gasteiger partial charge is 0.253 e. The molecule has 1 saturated heterocycles. The molecule has 1 amide bonds. The maximum atomic E-state index is 12.6. The number of hydrogen-bond donors (Lipinski definition) is 1. The van der Waals surface area contributed by atoms with Gasteiger partial charge in [0, 0.05) is 37.8 Å². The Labute approximate surface area is 128 Å². The van der Waals surface area contributed by atoms with Gasteiger partial charge in [-0.2, -0.15) is 0 Å². The van der Waals surface area contributed by atoms with E-state index in [2.05, 4.69) is 23.7 Å². The van der Waals surface area contributed by atoms with E-state index in [9.17, 15) is 4.79 Å². The van der Waals surface area contributed by atoms with Gasteiger partial charge in [0.2, 0.25) is 0 Å². The van der Waals surface area contributed by atoms with Crippen molar-refractivity contribution >= 4 is 32.6 Å². The first-order chi connectivity index (χ1) is 10.0. The monoisotopic (exact) mass is 304 g/mol. The molecule has 2 aromatic rings. The zero-order valence-electron chi connectivity index (χ0n) is 12.4. The van der Waals surface area contributed by atoms with Crippen LogP contribution in [-0.2, 0) is 0 Å². The molecular weight excluding hydrogens is 284 g/mol. The molecule has 2 heterocycles. The third kappa shape index (κ3) is 2.87. The average Bonchev–Trinajstić information content (AvgIpc) is 2.85. The molecule has 0 radical (unpaired) electrons. The number of piperazine rings is 1. The number of carbonyl (C=O) groups is 1. The van der Waals surface area contributed by atoms with Gasteiger partial charge < -0.3 is 10.6 Å². The number of nitrogens with zero attached hydrogens (tertiary/aromatic N) is 3. The minimum atomic E-state index is 0.104. The van der Waals surface area contributed by atoms with E-state index in [4.69, 9.17) is 5.73 Å². The summed E-state index contributed by atoms with van der Waals surface area (Å²) >= 11 is 1.42. The third-order valence-corrected chi connectivity index (χ3v) is 4.83. The summed E-state index contributed by atoms with van der Waals surface area (Å²) in [5.74, 6) is 0.104. The lowest BCUT2D eigenvalue weighted by Crippen LogP contribution is -2.50. The summed E-state index contributed by atoms with van der Waals surface area (Å²) in [5.41, 5.74) is 7.30. The van der Waals surface area contributed by atoms with Gasteiger partial charge in [-0.15, -0.1) is 0 Å². The SMILES string of the molecule is CC(C)N1CCN(C(=O)c2ccc3nc(N)sc3c2)CC1. The molecule has 1 aromatic carbocycles. The van der Waals surface area contributed by atoms with E-state index in [1.165, 1.54) is 11.3 Å². The Hall–Kier alpha value is -1.66. The molecule has 1 aliphatic heterocycles. The average molecular weight is 304 g/mol. The van der Waals surface area contributed by atoms with E-state index in [-0.39, 0.29) is 5.91 Å². The standard InChI is InChI=1S/C15H20N4OS/c1-10(2)18-5-7-19(8-6-18)14(20)11-3-4-12-13(9-11)21-15(16)17-12/h3-4,9-10H,5-8H2,1-2H3,(H2,16,17). The van der Waals surface area contributed by atoms with Crippen LogP contribution in [0.4, 0.5) is 5.13 Å². The van der Waals surface area contributed by atoms with Crippen molar-refractivity contribution in [2.75, 3.05) is 31.9 Å². The van der Waals surface area contributed by atoms with E-state index in [0.29, 0.717) is 11.2 Å². The quantitative estimate of drug-likeness (QED) is 0.922. The highest BCUT2D eigenvalue weighted by molar-refractivity contribution is 7.22. The van der Waals surface area contributed by atoms with E-state index < -0.39 is 0 Å². The number of thiazole rings is 1. The molecule has 0 atom stereocenters. The number of nitrogens with two attached hydrogens (primary N) is 1. The van der Waals surface area contributed by atoms with Crippen LogP contribution in [0.25, 0.3) is 10.2 Å². The van der Waals surface area contributed by atoms with Gasteiger partial charge >= 0.3 is 0 Å². The predicted molar refractivity (Wildman–Crippen MR) is 86.6 cm³/mol. The molecule has 5 nitrogen and oxygen atoms in total.